The molecule has 0 amide bonds. The van der Waals surface area contributed by atoms with Crippen molar-refractivity contribution in [1.29, 1.82) is 0 Å². The summed E-state index contributed by atoms with van der Waals surface area (Å²) in [5, 5.41) is 0. The average molecular weight is 682 g/mol. The summed E-state index contributed by atoms with van der Waals surface area (Å²) in [4.78, 5) is 15.0. The van der Waals surface area contributed by atoms with Crippen molar-refractivity contribution in [2.45, 2.75) is 102 Å². The zero-order valence-corrected chi connectivity index (χ0v) is 31.1. The number of nitrogens with zero attached hydrogens (tertiary/aromatic N) is 3. The Kier molecular flexibility index (Phi) is 9.86. The van der Waals surface area contributed by atoms with E-state index in [1.807, 2.05) is 36.4 Å². The molecule has 6 aromatic rings. The Hall–Kier alpha value is -4.89. The van der Waals surface area contributed by atoms with Crippen LogP contribution >= 0.6 is 0 Å². The number of hydrogen-bond donors (Lipinski definition) is 0. The Morgan fingerprint density at radius 1 is 0.385 bits per heavy atom. The van der Waals surface area contributed by atoms with Crippen LogP contribution in [0, 0.1) is 0 Å². The molecule has 262 valence electrons. The molecule has 2 aliphatic rings. The van der Waals surface area contributed by atoms with Crippen molar-refractivity contribution in [2.24, 2.45) is 0 Å². The summed E-state index contributed by atoms with van der Waals surface area (Å²) in [6, 6.07) is 44.2. The SMILES string of the molecule is CC(C)(C)c1cc(-c2cccc(-c3nc(-c4ccccc4)nc(-c4ccccc4)n3)c2)cc(-c2cc(C3CCCCC3)cc(C3CCCCC3)c2)c1. The largest absolute Gasteiger partial charge is 0.208 e. The van der Waals surface area contributed by atoms with Gasteiger partial charge in [0.15, 0.2) is 17.5 Å². The van der Waals surface area contributed by atoms with E-state index in [4.69, 9.17) is 15.0 Å². The molecule has 52 heavy (non-hydrogen) atoms. The molecule has 0 N–H and O–H groups in total. The molecule has 2 aliphatic carbocycles. The van der Waals surface area contributed by atoms with E-state index >= 15 is 0 Å². The van der Waals surface area contributed by atoms with Gasteiger partial charge in [0.1, 0.15) is 0 Å². The topological polar surface area (TPSA) is 38.7 Å². The summed E-state index contributed by atoms with van der Waals surface area (Å²) in [5.41, 5.74) is 12.5. The number of hydrogen-bond acceptors (Lipinski definition) is 3. The van der Waals surface area contributed by atoms with Gasteiger partial charge in [0.25, 0.3) is 0 Å². The van der Waals surface area contributed by atoms with Crippen LogP contribution in [0.25, 0.3) is 56.4 Å². The van der Waals surface area contributed by atoms with Crippen LogP contribution in [0.5, 0.6) is 0 Å². The molecule has 0 saturated heterocycles. The van der Waals surface area contributed by atoms with Crippen LogP contribution in [0.4, 0.5) is 0 Å². The highest BCUT2D eigenvalue weighted by atomic mass is 15.0. The van der Waals surface area contributed by atoms with Crippen LogP contribution in [0.15, 0.2) is 121 Å². The van der Waals surface area contributed by atoms with Gasteiger partial charge in [0, 0.05) is 16.7 Å². The summed E-state index contributed by atoms with van der Waals surface area (Å²) in [6.45, 7) is 7.00. The van der Waals surface area contributed by atoms with Crippen molar-refractivity contribution in [3.05, 3.63) is 138 Å². The summed E-state index contributed by atoms with van der Waals surface area (Å²) >= 11 is 0. The second-order valence-electron chi connectivity index (χ2n) is 16.2. The van der Waals surface area contributed by atoms with Crippen molar-refractivity contribution in [3.63, 3.8) is 0 Å². The highest BCUT2D eigenvalue weighted by molar-refractivity contribution is 5.78. The van der Waals surface area contributed by atoms with Gasteiger partial charge in [-0.15, -0.1) is 0 Å². The Bertz CT molecular complexity index is 2040. The molecule has 1 aromatic heterocycles. The third-order valence-electron chi connectivity index (χ3n) is 11.4. The van der Waals surface area contributed by atoms with Crippen molar-refractivity contribution >= 4 is 0 Å². The lowest BCUT2D eigenvalue weighted by atomic mass is 9.78. The average Bonchev–Trinajstić information content (AvgIpc) is 3.21. The number of benzene rings is 5. The first-order valence-corrected chi connectivity index (χ1v) is 19.7. The van der Waals surface area contributed by atoms with Crippen LogP contribution in [0.3, 0.4) is 0 Å². The van der Waals surface area contributed by atoms with Crippen molar-refractivity contribution in [2.75, 3.05) is 0 Å². The van der Waals surface area contributed by atoms with Gasteiger partial charge >= 0.3 is 0 Å². The maximum atomic E-state index is 5.04. The number of rotatable bonds is 7. The fourth-order valence-electron chi connectivity index (χ4n) is 8.36. The van der Waals surface area contributed by atoms with Crippen LogP contribution < -0.4 is 0 Å². The van der Waals surface area contributed by atoms with Crippen LogP contribution in [0.2, 0.25) is 0 Å². The molecular weight excluding hydrogens is 631 g/mol. The van der Waals surface area contributed by atoms with Gasteiger partial charge in [-0.2, -0.15) is 0 Å². The summed E-state index contributed by atoms with van der Waals surface area (Å²) < 4.78 is 0. The molecule has 0 radical (unpaired) electrons. The van der Waals surface area contributed by atoms with Gasteiger partial charge in [-0.05, 0) is 94.0 Å². The zero-order chi connectivity index (χ0) is 35.5. The minimum Gasteiger partial charge on any atom is -0.208 e. The predicted molar refractivity (Wildman–Crippen MR) is 217 cm³/mol. The molecule has 0 bridgehead atoms. The Balaban J connectivity index is 1.24. The predicted octanol–water partition coefficient (Wildman–Crippen LogP) is 13.6. The first kappa shape index (κ1) is 34.2. The first-order chi connectivity index (χ1) is 25.4. The van der Waals surface area contributed by atoms with E-state index < -0.39 is 0 Å². The quantitative estimate of drug-likeness (QED) is 0.168. The molecule has 8 rings (SSSR count). The van der Waals surface area contributed by atoms with E-state index in [-0.39, 0.29) is 5.41 Å². The molecular formula is C49H51N3. The van der Waals surface area contributed by atoms with Crippen molar-refractivity contribution in [3.8, 4) is 56.4 Å². The maximum absolute atomic E-state index is 5.04. The van der Waals surface area contributed by atoms with Gasteiger partial charge < -0.3 is 0 Å². The summed E-state index contributed by atoms with van der Waals surface area (Å²) in [7, 11) is 0. The fourth-order valence-corrected chi connectivity index (χ4v) is 8.36. The van der Waals surface area contributed by atoms with Crippen molar-refractivity contribution in [1.82, 2.24) is 15.0 Å². The first-order valence-electron chi connectivity index (χ1n) is 19.7. The molecule has 0 unspecified atom stereocenters. The van der Waals surface area contributed by atoms with Crippen LogP contribution in [-0.2, 0) is 5.41 Å². The van der Waals surface area contributed by atoms with Gasteiger partial charge in [0.05, 0.1) is 0 Å². The molecule has 0 aliphatic heterocycles. The van der Waals surface area contributed by atoms with Gasteiger partial charge in [0.2, 0.25) is 0 Å². The lowest BCUT2D eigenvalue weighted by molar-refractivity contribution is 0.435. The molecule has 2 fully saturated rings. The Morgan fingerprint density at radius 3 is 1.29 bits per heavy atom. The Labute approximate surface area is 310 Å². The second kappa shape index (κ2) is 15.0. The standard InChI is InChI=1S/C49H51N3/c1-49(2,3)45-32-43(31-44(33-45)42-29-40(34-17-8-4-9-18-34)28-41(30-42)35-19-10-5-11-20-35)38-25-16-26-39(27-38)48-51-46(36-21-12-6-13-22-36)50-47(52-48)37-23-14-7-15-24-37/h6-7,12-16,21-35H,4-5,8-11,17-20H2,1-3H3. The number of aromatic nitrogens is 3. The van der Waals surface area contributed by atoms with Gasteiger partial charge in [-0.3, -0.25) is 0 Å². The monoisotopic (exact) mass is 681 g/mol. The lowest BCUT2D eigenvalue weighted by Crippen LogP contribution is -2.11. The second-order valence-corrected chi connectivity index (χ2v) is 16.2. The minimum atomic E-state index is -0.00106. The normalized spacial score (nSPS) is 15.8. The van der Waals surface area contributed by atoms with Crippen LogP contribution in [0.1, 0.15) is 114 Å². The highest BCUT2D eigenvalue weighted by Crippen LogP contribution is 2.42. The van der Waals surface area contributed by atoms with Crippen LogP contribution in [-0.4, -0.2) is 15.0 Å². The molecule has 3 heteroatoms. The minimum absolute atomic E-state index is 0.00106. The zero-order valence-electron chi connectivity index (χ0n) is 31.1. The fraction of sp³-hybridized carbons (Fsp3) is 0.327. The van der Waals surface area contributed by atoms with Gasteiger partial charge in [-0.25, -0.2) is 15.0 Å². The molecule has 0 atom stereocenters. The maximum Gasteiger partial charge on any atom is 0.164 e. The molecule has 3 nitrogen and oxygen atoms in total. The third-order valence-corrected chi connectivity index (χ3v) is 11.4. The van der Waals surface area contributed by atoms with Gasteiger partial charge in [-0.1, -0.05) is 168 Å². The highest BCUT2D eigenvalue weighted by Gasteiger charge is 2.23. The third kappa shape index (κ3) is 7.65. The van der Waals surface area contributed by atoms with E-state index in [1.54, 1.807) is 11.1 Å². The Morgan fingerprint density at radius 2 is 0.788 bits per heavy atom. The summed E-state index contributed by atoms with van der Waals surface area (Å²) in [5.74, 6) is 3.40. The molecule has 2 saturated carbocycles. The van der Waals surface area contributed by atoms with E-state index in [0.29, 0.717) is 29.3 Å². The van der Waals surface area contributed by atoms with E-state index in [2.05, 4.69) is 106 Å². The molecule has 5 aromatic carbocycles. The summed E-state index contributed by atoms with van der Waals surface area (Å²) in [6.07, 6.45) is 13.5. The smallest absolute Gasteiger partial charge is 0.164 e. The van der Waals surface area contributed by atoms with E-state index in [1.165, 1.54) is 92.0 Å². The van der Waals surface area contributed by atoms with E-state index in [0.717, 1.165) is 16.7 Å². The van der Waals surface area contributed by atoms with E-state index in [9.17, 15) is 0 Å². The lowest BCUT2D eigenvalue weighted by Gasteiger charge is -2.27. The van der Waals surface area contributed by atoms with Crippen molar-refractivity contribution < 1.29 is 0 Å². The molecule has 1 heterocycles. The molecule has 0 spiro atoms.